The molecule has 0 radical (unpaired) electrons. The molecule has 0 atom stereocenters. The molecule has 0 saturated heterocycles. The number of carboxylic acids is 1. The Morgan fingerprint density at radius 2 is 2.24 bits per heavy atom. The van der Waals surface area contributed by atoms with E-state index < -0.39 is 5.97 Å². The van der Waals surface area contributed by atoms with Crippen molar-refractivity contribution in [3.8, 4) is 0 Å². The zero-order valence-corrected chi connectivity index (χ0v) is 12.5. The van der Waals surface area contributed by atoms with Gasteiger partial charge in [0.05, 0.1) is 5.75 Å². The average Bonchev–Trinajstić information content (AvgIpc) is 3.18. The molecule has 1 saturated carbocycles. The molecule has 1 aliphatic carbocycles. The van der Waals surface area contributed by atoms with E-state index in [1.165, 1.54) is 11.8 Å². The molecular weight excluding hydrogens is 294 g/mol. The summed E-state index contributed by atoms with van der Waals surface area (Å²) in [6.07, 6.45) is 3.97. The standard InChI is InChI=1S/C13H19N3O4S/c17-10(14-6-7-21-8-12(18)19)2-1-3-11-15-13(16-20-11)9-4-5-9/h9H,1-8H2,(H,14,17)(H,18,19). The van der Waals surface area contributed by atoms with E-state index in [0.29, 0.717) is 43.4 Å². The van der Waals surface area contributed by atoms with Crippen molar-refractivity contribution < 1.29 is 19.2 Å². The van der Waals surface area contributed by atoms with Crippen molar-refractivity contribution in [1.82, 2.24) is 15.5 Å². The van der Waals surface area contributed by atoms with Crippen LogP contribution in [0.15, 0.2) is 4.52 Å². The normalized spacial score (nSPS) is 14.1. The van der Waals surface area contributed by atoms with E-state index >= 15 is 0 Å². The molecule has 1 aromatic heterocycles. The molecule has 1 aromatic rings. The van der Waals surface area contributed by atoms with Crippen LogP contribution >= 0.6 is 11.8 Å². The van der Waals surface area contributed by atoms with Gasteiger partial charge in [-0.1, -0.05) is 5.16 Å². The molecule has 7 nitrogen and oxygen atoms in total. The number of aromatic nitrogens is 2. The van der Waals surface area contributed by atoms with Crippen molar-refractivity contribution in [2.24, 2.45) is 0 Å². The first-order valence-corrected chi connectivity index (χ1v) is 8.19. The molecule has 1 amide bonds. The van der Waals surface area contributed by atoms with Crippen LogP contribution < -0.4 is 5.32 Å². The van der Waals surface area contributed by atoms with Crippen LogP contribution in [0.3, 0.4) is 0 Å². The number of carbonyl (C=O) groups excluding carboxylic acids is 1. The minimum Gasteiger partial charge on any atom is -0.481 e. The molecule has 2 N–H and O–H groups in total. The molecule has 2 rings (SSSR count). The zero-order chi connectivity index (χ0) is 15.1. The molecule has 116 valence electrons. The molecule has 1 heterocycles. The predicted octanol–water partition coefficient (Wildman–Crippen LogP) is 1.20. The van der Waals surface area contributed by atoms with Gasteiger partial charge in [0.1, 0.15) is 0 Å². The SMILES string of the molecule is O=C(O)CSCCNC(=O)CCCc1nc(C2CC2)no1. The quantitative estimate of drug-likeness (QED) is 0.625. The lowest BCUT2D eigenvalue weighted by atomic mass is 10.2. The fourth-order valence-corrected chi connectivity index (χ4v) is 2.35. The van der Waals surface area contributed by atoms with Crippen molar-refractivity contribution in [3.05, 3.63) is 11.7 Å². The first-order valence-electron chi connectivity index (χ1n) is 7.04. The van der Waals surface area contributed by atoms with Crippen LogP contribution in [-0.2, 0) is 16.0 Å². The van der Waals surface area contributed by atoms with Crippen LogP contribution in [0, 0.1) is 0 Å². The molecule has 0 aliphatic heterocycles. The van der Waals surface area contributed by atoms with Crippen LogP contribution in [-0.4, -0.2) is 45.2 Å². The number of carbonyl (C=O) groups is 2. The third-order valence-corrected chi connectivity index (χ3v) is 3.96. The number of aliphatic carboxylic acids is 1. The number of amides is 1. The highest BCUT2D eigenvalue weighted by Crippen LogP contribution is 2.38. The van der Waals surface area contributed by atoms with Crippen LogP contribution in [0.5, 0.6) is 0 Å². The maximum atomic E-state index is 11.6. The van der Waals surface area contributed by atoms with Gasteiger partial charge in [0.15, 0.2) is 5.82 Å². The van der Waals surface area contributed by atoms with E-state index in [1.54, 1.807) is 0 Å². The Labute approximate surface area is 126 Å². The third kappa shape index (κ3) is 6.16. The summed E-state index contributed by atoms with van der Waals surface area (Å²) >= 11 is 1.29. The number of hydrogen-bond donors (Lipinski definition) is 2. The summed E-state index contributed by atoms with van der Waals surface area (Å²) in [6.45, 7) is 0.489. The summed E-state index contributed by atoms with van der Waals surface area (Å²) in [4.78, 5) is 26.1. The van der Waals surface area contributed by atoms with Gasteiger partial charge in [-0.25, -0.2) is 0 Å². The lowest BCUT2D eigenvalue weighted by molar-refractivity contribution is -0.133. The topological polar surface area (TPSA) is 105 Å². The fraction of sp³-hybridized carbons (Fsp3) is 0.692. The predicted molar refractivity (Wildman–Crippen MR) is 77.2 cm³/mol. The highest BCUT2D eigenvalue weighted by atomic mass is 32.2. The number of nitrogens with one attached hydrogen (secondary N) is 1. The third-order valence-electron chi connectivity index (χ3n) is 3.01. The molecule has 0 aromatic carbocycles. The van der Waals surface area contributed by atoms with Crippen LogP contribution in [0.4, 0.5) is 0 Å². The lowest BCUT2D eigenvalue weighted by Crippen LogP contribution is -2.25. The Hall–Kier alpha value is -1.57. The number of carboxylic acid groups (broad SMARTS) is 1. The van der Waals surface area contributed by atoms with E-state index in [2.05, 4.69) is 15.5 Å². The Morgan fingerprint density at radius 3 is 2.95 bits per heavy atom. The largest absolute Gasteiger partial charge is 0.481 e. The van der Waals surface area contributed by atoms with Crippen molar-refractivity contribution in [3.63, 3.8) is 0 Å². The first kappa shape index (κ1) is 15.8. The maximum absolute atomic E-state index is 11.6. The van der Waals surface area contributed by atoms with Gasteiger partial charge in [-0.05, 0) is 19.3 Å². The average molecular weight is 313 g/mol. The maximum Gasteiger partial charge on any atom is 0.313 e. The lowest BCUT2D eigenvalue weighted by Gasteiger charge is -2.03. The number of rotatable bonds is 10. The van der Waals surface area contributed by atoms with Crippen molar-refractivity contribution >= 4 is 23.6 Å². The zero-order valence-electron chi connectivity index (χ0n) is 11.7. The van der Waals surface area contributed by atoms with E-state index in [1.807, 2.05) is 0 Å². The van der Waals surface area contributed by atoms with Gasteiger partial charge >= 0.3 is 5.97 Å². The second kappa shape index (κ2) is 8.02. The molecule has 0 bridgehead atoms. The van der Waals surface area contributed by atoms with Gasteiger partial charge in [-0.2, -0.15) is 4.98 Å². The van der Waals surface area contributed by atoms with Gasteiger partial charge < -0.3 is 14.9 Å². The molecule has 21 heavy (non-hydrogen) atoms. The summed E-state index contributed by atoms with van der Waals surface area (Å²) in [6, 6.07) is 0. The van der Waals surface area contributed by atoms with E-state index in [0.717, 1.165) is 18.7 Å². The first-order chi connectivity index (χ1) is 10.1. The van der Waals surface area contributed by atoms with Crippen LogP contribution in [0.2, 0.25) is 0 Å². The number of thioether (sulfide) groups is 1. The van der Waals surface area contributed by atoms with Crippen molar-refractivity contribution in [1.29, 1.82) is 0 Å². The van der Waals surface area contributed by atoms with Crippen LogP contribution in [0.25, 0.3) is 0 Å². The van der Waals surface area contributed by atoms with Gasteiger partial charge in [-0.15, -0.1) is 11.8 Å². The Bertz CT molecular complexity index is 488. The summed E-state index contributed by atoms with van der Waals surface area (Å²) in [5.74, 6) is 1.67. The number of aryl methyl sites for hydroxylation is 1. The smallest absolute Gasteiger partial charge is 0.313 e. The number of hydrogen-bond acceptors (Lipinski definition) is 6. The second-order valence-corrected chi connectivity index (χ2v) is 6.08. The van der Waals surface area contributed by atoms with Gasteiger partial charge in [-0.3, -0.25) is 9.59 Å². The summed E-state index contributed by atoms with van der Waals surface area (Å²) in [5, 5.41) is 15.1. The van der Waals surface area contributed by atoms with E-state index in [9.17, 15) is 9.59 Å². The fourth-order valence-electron chi connectivity index (χ4n) is 1.79. The highest BCUT2D eigenvalue weighted by molar-refractivity contribution is 7.99. The Morgan fingerprint density at radius 1 is 1.43 bits per heavy atom. The van der Waals surface area contributed by atoms with Crippen LogP contribution in [0.1, 0.15) is 43.3 Å². The summed E-state index contributed by atoms with van der Waals surface area (Å²) in [5.41, 5.74) is 0. The van der Waals surface area contributed by atoms with E-state index in [4.69, 9.17) is 9.63 Å². The summed E-state index contributed by atoms with van der Waals surface area (Å²) in [7, 11) is 0. The molecular formula is C13H19N3O4S. The number of nitrogens with zero attached hydrogens (tertiary/aromatic N) is 2. The highest BCUT2D eigenvalue weighted by Gasteiger charge is 2.28. The molecule has 0 unspecified atom stereocenters. The van der Waals surface area contributed by atoms with Gasteiger partial charge in [0, 0.05) is 31.1 Å². The molecule has 1 fully saturated rings. The van der Waals surface area contributed by atoms with Gasteiger partial charge in [0.25, 0.3) is 0 Å². The Balaban J connectivity index is 1.51. The molecule has 0 spiro atoms. The Kier molecular flexibility index (Phi) is 6.04. The van der Waals surface area contributed by atoms with Gasteiger partial charge in [0.2, 0.25) is 11.8 Å². The van der Waals surface area contributed by atoms with Crippen molar-refractivity contribution in [2.75, 3.05) is 18.1 Å². The van der Waals surface area contributed by atoms with Crippen molar-refractivity contribution in [2.45, 2.75) is 38.0 Å². The molecule has 8 heteroatoms. The second-order valence-electron chi connectivity index (χ2n) is 4.97. The monoisotopic (exact) mass is 313 g/mol. The summed E-state index contributed by atoms with van der Waals surface area (Å²) < 4.78 is 5.13. The minimum atomic E-state index is -0.837. The minimum absolute atomic E-state index is 0.0344. The molecule has 1 aliphatic rings. The van der Waals surface area contributed by atoms with E-state index in [-0.39, 0.29) is 11.7 Å².